The number of aromatic nitrogens is 2. The van der Waals surface area contributed by atoms with Crippen molar-refractivity contribution in [2.45, 2.75) is 46.8 Å². The first kappa shape index (κ1) is 14.7. The maximum atomic E-state index is 5.84. The number of allylic oxidation sites excluding steroid dienone is 2. The van der Waals surface area contributed by atoms with Crippen molar-refractivity contribution < 1.29 is 13.9 Å². The topological polar surface area (TPSA) is 57.4 Å². The second-order valence-corrected chi connectivity index (χ2v) is 6.39. The lowest BCUT2D eigenvalue weighted by Gasteiger charge is -2.55. The lowest BCUT2D eigenvalue weighted by molar-refractivity contribution is -0.153. The largest absolute Gasteiger partial charge is 0.416 e. The molecule has 0 N–H and O–H groups in total. The van der Waals surface area contributed by atoms with Gasteiger partial charge in [-0.25, -0.2) is 0 Å². The van der Waals surface area contributed by atoms with Gasteiger partial charge in [0.1, 0.15) is 0 Å². The van der Waals surface area contributed by atoms with Crippen LogP contribution in [0.1, 0.15) is 58.6 Å². The van der Waals surface area contributed by atoms with Gasteiger partial charge >= 0.3 is 0 Å². The molecule has 0 aromatic carbocycles. The molecule has 1 aromatic rings. The van der Waals surface area contributed by atoms with E-state index in [1.807, 2.05) is 13.8 Å². The minimum absolute atomic E-state index is 0.345. The van der Waals surface area contributed by atoms with Crippen molar-refractivity contribution in [1.82, 2.24) is 10.2 Å². The standard InChI is InChI=1S/C16H24N2O3/c1-5-19-15(20-6-2)14-18-17-13(21-14)11-8-7-10-9-12(11)16(10,3)4/h8,10,12,15H,5-7,9H2,1-4H3. The molecule has 3 aliphatic rings. The van der Waals surface area contributed by atoms with Crippen LogP contribution in [-0.4, -0.2) is 23.4 Å². The van der Waals surface area contributed by atoms with Gasteiger partial charge in [0.05, 0.1) is 0 Å². The SMILES string of the molecule is CCOC(OCC)c1nnc(C2=CCC3CC2C3(C)C)o1. The van der Waals surface area contributed by atoms with Crippen LogP contribution in [0.5, 0.6) is 0 Å². The molecule has 2 bridgehead atoms. The van der Waals surface area contributed by atoms with Gasteiger partial charge in [-0.2, -0.15) is 0 Å². The van der Waals surface area contributed by atoms with Crippen molar-refractivity contribution in [2.24, 2.45) is 17.3 Å². The number of nitrogens with zero attached hydrogens (tertiary/aromatic N) is 2. The molecule has 1 fully saturated rings. The van der Waals surface area contributed by atoms with Crippen molar-refractivity contribution in [3.05, 3.63) is 17.9 Å². The molecule has 5 nitrogen and oxygen atoms in total. The van der Waals surface area contributed by atoms with Gasteiger partial charge in [0.15, 0.2) is 0 Å². The van der Waals surface area contributed by atoms with Crippen LogP contribution < -0.4 is 0 Å². The molecule has 0 saturated heterocycles. The fraction of sp³-hybridized carbons (Fsp3) is 0.750. The van der Waals surface area contributed by atoms with Crippen LogP contribution >= 0.6 is 0 Å². The summed E-state index contributed by atoms with van der Waals surface area (Å²) < 4.78 is 16.9. The second kappa shape index (κ2) is 5.54. The molecule has 116 valence electrons. The molecule has 4 rings (SSSR count). The third-order valence-electron chi connectivity index (χ3n) is 4.99. The minimum atomic E-state index is -0.562. The van der Waals surface area contributed by atoms with E-state index in [0.29, 0.717) is 36.3 Å². The number of ether oxygens (including phenoxy) is 2. The number of hydrogen-bond donors (Lipinski definition) is 0. The van der Waals surface area contributed by atoms with Crippen LogP contribution in [-0.2, 0) is 9.47 Å². The van der Waals surface area contributed by atoms with Crippen LogP contribution in [0.25, 0.3) is 5.57 Å². The Kier molecular flexibility index (Phi) is 3.88. The van der Waals surface area contributed by atoms with Crippen LogP contribution in [0.3, 0.4) is 0 Å². The van der Waals surface area contributed by atoms with Gasteiger partial charge in [-0.3, -0.25) is 0 Å². The minimum Gasteiger partial charge on any atom is -0.416 e. The average Bonchev–Trinajstić information content (AvgIpc) is 2.96. The Labute approximate surface area is 125 Å². The van der Waals surface area contributed by atoms with Gasteiger partial charge in [-0.15, -0.1) is 10.2 Å². The fourth-order valence-electron chi connectivity index (χ4n) is 3.53. The van der Waals surface area contributed by atoms with Crippen molar-refractivity contribution >= 4 is 5.57 Å². The fourth-order valence-corrected chi connectivity index (χ4v) is 3.53. The zero-order chi connectivity index (χ0) is 15.0. The van der Waals surface area contributed by atoms with Crippen LogP contribution in [0.2, 0.25) is 0 Å². The van der Waals surface area contributed by atoms with Crippen LogP contribution in [0.4, 0.5) is 0 Å². The number of fused-ring (bicyclic) bond motifs is 1. The molecule has 21 heavy (non-hydrogen) atoms. The van der Waals surface area contributed by atoms with Gasteiger partial charge in [0, 0.05) is 18.8 Å². The normalized spacial score (nSPS) is 26.6. The predicted molar refractivity (Wildman–Crippen MR) is 78.3 cm³/mol. The number of rotatable bonds is 6. The summed E-state index contributed by atoms with van der Waals surface area (Å²) in [4.78, 5) is 0. The highest BCUT2D eigenvalue weighted by molar-refractivity contribution is 5.64. The summed E-state index contributed by atoms with van der Waals surface area (Å²) >= 11 is 0. The van der Waals surface area contributed by atoms with E-state index >= 15 is 0 Å². The zero-order valence-electron chi connectivity index (χ0n) is 13.3. The molecule has 0 aliphatic heterocycles. The number of hydrogen-bond acceptors (Lipinski definition) is 5. The first-order valence-electron chi connectivity index (χ1n) is 7.84. The summed E-state index contributed by atoms with van der Waals surface area (Å²) in [5.41, 5.74) is 1.55. The van der Waals surface area contributed by atoms with E-state index in [0.717, 1.165) is 12.3 Å². The molecular formula is C16H24N2O3. The smallest absolute Gasteiger partial charge is 0.273 e. The first-order valence-corrected chi connectivity index (χ1v) is 7.84. The van der Waals surface area contributed by atoms with E-state index in [-0.39, 0.29) is 0 Å². The van der Waals surface area contributed by atoms with Gasteiger partial charge in [0.25, 0.3) is 5.89 Å². The van der Waals surface area contributed by atoms with E-state index < -0.39 is 6.29 Å². The van der Waals surface area contributed by atoms with Crippen LogP contribution in [0.15, 0.2) is 10.5 Å². The molecule has 0 amide bonds. The second-order valence-electron chi connectivity index (χ2n) is 6.39. The summed E-state index contributed by atoms with van der Waals surface area (Å²) in [5, 5.41) is 8.34. The molecular weight excluding hydrogens is 268 g/mol. The quantitative estimate of drug-likeness (QED) is 0.750. The average molecular weight is 292 g/mol. The molecule has 5 heteroatoms. The molecule has 1 saturated carbocycles. The Hall–Kier alpha value is -1.20. The molecule has 1 aromatic heterocycles. The molecule has 1 heterocycles. The highest BCUT2D eigenvalue weighted by Gasteiger charge is 2.52. The van der Waals surface area contributed by atoms with E-state index in [1.54, 1.807) is 0 Å². The van der Waals surface area contributed by atoms with Gasteiger partial charge in [0.2, 0.25) is 12.2 Å². The molecule has 2 unspecified atom stereocenters. The highest BCUT2D eigenvalue weighted by atomic mass is 16.7. The van der Waals surface area contributed by atoms with E-state index in [4.69, 9.17) is 13.9 Å². The Morgan fingerprint density at radius 3 is 2.57 bits per heavy atom. The summed E-state index contributed by atoms with van der Waals surface area (Å²) in [5.74, 6) is 2.37. The first-order chi connectivity index (χ1) is 10.1. The van der Waals surface area contributed by atoms with Crippen molar-refractivity contribution in [1.29, 1.82) is 0 Å². The monoisotopic (exact) mass is 292 g/mol. The summed E-state index contributed by atoms with van der Waals surface area (Å²) in [7, 11) is 0. The van der Waals surface area contributed by atoms with Gasteiger partial charge < -0.3 is 13.9 Å². The van der Waals surface area contributed by atoms with E-state index in [9.17, 15) is 0 Å². The highest BCUT2D eigenvalue weighted by Crippen LogP contribution is 2.61. The lowest BCUT2D eigenvalue weighted by Crippen LogP contribution is -2.47. The zero-order valence-corrected chi connectivity index (χ0v) is 13.3. The molecule has 0 radical (unpaired) electrons. The maximum Gasteiger partial charge on any atom is 0.273 e. The summed E-state index contributed by atoms with van der Waals surface area (Å²) in [6.45, 7) is 9.59. The Bertz CT molecular complexity index is 529. The molecule has 0 spiro atoms. The lowest BCUT2D eigenvalue weighted by atomic mass is 9.49. The van der Waals surface area contributed by atoms with Crippen LogP contribution in [0, 0.1) is 17.3 Å². The van der Waals surface area contributed by atoms with Gasteiger partial charge in [-0.1, -0.05) is 19.9 Å². The van der Waals surface area contributed by atoms with Crippen molar-refractivity contribution in [2.75, 3.05) is 13.2 Å². The maximum absolute atomic E-state index is 5.84. The van der Waals surface area contributed by atoms with E-state index in [1.165, 1.54) is 12.0 Å². The molecule has 2 atom stereocenters. The Morgan fingerprint density at radius 1 is 1.29 bits per heavy atom. The van der Waals surface area contributed by atoms with Gasteiger partial charge in [-0.05, 0) is 43.9 Å². The third-order valence-corrected chi connectivity index (χ3v) is 4.99. The Balaban J connectivity index is 1.80. The van der Waals surface area contributed by atoms with E-state index in [2.05, 4.69) is 30.1 Å². The molecule has 3 aliphatic carbocycles. The predicted octanol–water partition coefficient (Wildman–Crippen LogP) is 3.59. The third kappa shape index (κ3) is 2.42. The van der Waals surface area contributed by atoms with Crippen molar-refractivity contribution in [3.8, 4) is 0 Å². The summed E-state index contributed by atoms with van der Waals surface area (Å²) in [6, 6.07) is 0. The Morgan fingerprint density at radius 2 is 2.00 bits per heavy atom. The van der Waals surface area contributed by atoms with Crippen molar-refractivity contribution in [3.63, 3.8) is 0 Å². The summed E-state index contributed by atoms with van der Waals surface area (Å²) in [6.07, 6.45) is 4.04.